The predicted octanol–water partition coefficient (Wildman–Crippen LogP) is 2.24. The smallest absolute Gasteiger partial charge is 0.217 e. The minimum atomic E-state index is -0.163. The van der Waals surface area contributed by atoms with Gasteiger partial charge in [-0.25, -0.2) is 0 Å². The van der Waals surface area contributed by atoms with Crippen molar-refractivity contribution in [2.45, 2.75) is 59.0 Å². The van der Waals surface area contributed by atoms with E-state index in [0.29, 0.717) is 0 Å². The summed E-state index contributed by atoms with van der Waals surface area (Å²) in [5, 5.41) is 6.29. The van der Waals surface area contributed by atoms with E-state index >= 15 is 0 Å². The van der Waals surface area contributed by atoms with E-state index in [4.69, 9.17) is 0 Å². The maximum Gasteiger partial charge on any atom is 0.217 e. The van der Waals surface area contributed by atoms with Crippen LogP contribution in [0.2, 0.25) is 0 Å². The molecule has 0 aromatic carbocycles. The molecule has 94 valence electrons. The van der Waals surface area contributed by atoms with Crippen LogP contribution < -0.4 is 10.6 Å². The summed E-state index contributed by atoms with van der Waals surface area (Å²) < 4.78 is 0. The van der Waals surface area contributed by atoms with Crippen molar-refractivity contribution in [3.8, 4) is 0 Å². The fraction of sp³-hybridized carbons (Fsp3) is 0.769. The third kappa shape index (κ3) is 9.71. The van der Waals surface area contributed by atoms with Gasteiger partial charge in [-0.05, 0) is 41.0 Å². The SMILES string of the molecule is CC(=O)NC(C)(C)C/C=C\CNC(C)(C)C. The van der Waals surface area contributed by atoms with Gasteiger partial charge in [-0.15, -0.1) is 0 Å². The van der Waals surface area contributed by atoms with Crippen molar-refractivity contribution in [2.75, 3.05) is 6.54 Å². The van der Waals surface area contributed by atoms with Gasteiger partial charge in [0.25, 0.3) is 0 Å². The van der Waals surface area contributed by atoms with Gasteiger partial charge in [-0.2, -0.15) is 0 Å². The first-order valence-electron chi connectivity index (χ1n) is 5.81. The minimum absolute atomic E-state index is 0.0196. The molecule has 0 aliphatic heterocycles. The zero-order valence-corrected chi connectivity index (χ0v) is 11.5. The molecule has 0 aromatic heterocycles. The molecule has 1 amide bonds. The fourth-order valence-electron chi connectivity index (χ4n) is 1.35. The lowest BCUT2D eigenvalue weighted by atomic mass is 10.0. The summed E-state index contributed by atoms with van der Waals surface area (Å²) in [5.74, 6) is 0.0196. The van der Waals surface area contributed by atoms with Crippen LogP contribution in [0.15, 0.2) is 12.2 Å². The molecule has 16 heavy (non-hydrogen) atoms. The fourth-order valence-corrected chi connectivity index (χ4v) is 1.35. The Morgan fingerprint density at radius 2 is 1.69 bits per heavy atom. The van der Waals surface area contributed by atoms with E-state index in [1.165, 1.54) is 0 Å². The van der Waals surface area contributed by atoms with E-state index in [0.717, 1.165) is 13.0 Å². The molecule has 0 rings (SSSR count). The summed E-state index contributed by atoms with van der Waals surface area (Å²) >= 11 is 0. The van der Waals surface area contributed by atoms with Crippen LogP contribution in [0.4, 0.5) is 0 Å². The van der Waals surface area contributed by atoms with Gasteiger partial charge in [0, 0.05) is 24.5 Å². The Balaban J connectivity index is 3.87. The summed E-state index contributed by atoms with van der Waals surface area (Å²) in [5.41, 5.74) is -0.0123. The first kappa shape index (κ1) is 15.2. The van der Waals surface area contributed by atoms with Crippen LogP contribution in [0.1, 0.15) is 48.0 Å². The Morgan fingerprint density at radius 1 is 1.12 bits per heavy atom. The second kappa shape index (κ2) is 6.04. The van der Waals surface area contributed by atoms with Crippen molar-refractivity contribution in [1.29, 1.82) is 0 Å². The van der Waals surface area contributed by atoms with Crippen LogP contribution in [0.25, 0.3) is 0 Å². The first-order valence-corrected chi connectivity index (χ1v) is 5.81. The Hall–Kier alpha value is -0.830. The van der Waals surface area contributed by atoms with Crippen molar-refractivity contribution >= 4 is 5.91 Å². The number of carbonyl (C=O) groups is 1. The quantitative estimate of drug-likeness (QED) is 0.706. The van der Waals surface area contributed by atoms with E-state index in [2.05, 4.69) is 43.6 Å². The molecule has 2 N–H and O–H groups in total. The Kier molecular flexibility index (Phi) is 5.73. The standard InChI is InChI=1S/C13H26N2O/c1-11(16)15-13(5,6)9-7-8-10-14-12(2,3)4/h7-8,14H,9-10H2,1-6H3,(H,15,16)/b8-7-. The number of carbonyl (C=O) groups excluding carboxylic acids is 1. The van der Waals surface area contributed by atoms with Gasteiger partial charge in [0.2, 0.25) is 5.91 Å². The molecule has 0 aliphatic carbocycles. The molecular formula is C13H26N2O. The maximum absolute atomic E-state index is 10.9. The van der Waals surface area contributed by atoms with E-state index < -0.39 is 0 Å². The molecule has 0 radical (unpaired) electrons. The predicted molar refractivity (Wildman–Crippen MR) is 69.4 cm³/mol. The third-order valence-corrected chi connectivity index (χ3v) is 2.06. The lowest BCUT2D eigenvalue weighted by Gasteiger charge is -2.24. The van der Waals surface area contributed by atoms with Gasteiger partial charge in [-0.3, -0.25) is 4.79 Å². The van der Waals surface area contributed by atoms with Crippen LogP contribution in [0.3, 0.4) is 0 Å². The van der Waals surface area contributed by atoms with Gasteiger partial charge in [-0.1, -0.05) is 12.2 Å². The van der Waals surface area contributed by atoms with E-state index in [-0.39, 0.29) is 17.0 Å². The first-order chi connectivity index (χ1) is 7.12. The van der Waals surface area contributed by atoms with Gasteiger partial charge in [0.15, 0.2) is 0 Å². The Bertz CT molecular complexity index is 249. The number of hydrogen-bond donors (Lipinski definition) is 2. The van der Waals surface area contributed by atoms with Crippen LogP contribution in [-0.4, -0.2) is 23.5 Å². The minimum Gasteiger partial charge on any atom is -0.351 e. The molecule has 0 unspecified atom stereocenters. The molecular weight excluding hydrogens is 200 g/mol. The summed E-state index contributed by atoms with van der Waals surface area (Å²) in [6.45, 7) is 12.9. The summed E-state index contributed by atoms with van der Waals surface area (Å²) in [4.78, 5) is 10.9. The highest BCUT2D eigenvalue weighted by Crippen LogP contribution is 2.08. The van der Waals surface area contributed by atoms with E-state index in [1.807, 2.05) is 13.8 Å². The molecule has 3 nitrogen and oxygen atoms in total. The number of amides is 1. The molecule has 0 saturated heterocycles. The highest BCUT2D eigenvalue weighted by Gasteiger charge is 2.16. The number of hydrogen-bond acceptors (Lipinski definition) is 2. The van der Waals surface area contributed by atoms with Crippen molar-refractivity contribution < 1.29 is 4.79 Å². The number of rotatable bonds is 5. The molecule has 0 heterocycles. The zero-order chi connectivity index (χ0) is 12.8. The van der Waals surface area contributed by atoms with Crippen LogP contribution in [0, 0.1) is 0 Å². The van der Waals surface area contributed by atoms with Gasteiger partial charge >= 0.3 is 0 Å². The summed E-state index contributed by atoms with van der Waals surface area (Å²) in [7, 11) is 0. The highest BCUT2D eigenvalue weighted by molar-refractivity contribution is 5.73. The maximum atomic E-state index is 10.9. The van der Waals surface area contributed by atoms with Crippen molar-refractivity contribution in [2.24, 2.45) is 0 Å². The molecule has 0 aliphatic rings. The second-order valence-corrected chi connectivity index (χ2v) is 5.87. The Morgan fingerprint density at radius 3 is 2.12 bits per heavy atom. The molecule has 0 atom stereocenters. The van der Waals surface area contributed by atoms with E-state index in [9.17, 15) is 4.79 Å². The summed E-state index contributed by atoms with van der Waals surface area (Å²) in [6, 6.07) is 0. The van der Waals surface area contributed by atoms with Gasteiger partial charge in [0.05, 0.1) is 0 Å². The Labute approximate surface area is 99.7 Å². The largest absolute Gasteiger partial charge is 0.351 e. The lowest BCUT2D eigenvalue weighted by molar-refractivity contribution is -0.120. The van der Waals surface area contributed by atoms with Crippen LogP contribution >= 0.6 is 0 Å². The molecule has 0 bridgehead atoms. The van der Waals surface area contributed by atoms with Gasteiger partial charge < -0.3 is 10.6 Å². The topological polar surface area (TPSA) is 41.1 Å². The molecule has 0 spiro atoms. The second-order valence-electron chi connectivity index (χ2n) is 5.87. The average Bonchev–Trinajstić information content (AvgIpc) is 1.98. The van der Waals surface area contributed by atoms with Crippen molar-refractivity contribution in [1.82, 2.24) is 10.6 Å². The van der Waals surface area contributed by atoms with Crippen LogP contribution in [0.5, 0.6) is 0 Å². The molecule has 0 saturated carbocycles. The lowest BCUT2D eigenvalue weighted by Crippen LogP contribution is -2.41. The van der Waals surface area contributed by atoms with Gasteiger partial charge in [0.1, 0.15) is 0 Å². The normalized spacial score (nSPS) is 13.1. The molecule has 3 heteroatoms. The summed E-state index contributed by atoms with van der Waals surface area (Å²) in [6.07, 6.45) is 5.06. The monoisotopic (exact) mass is 226 g/mol. The average molecular weight is 226 g/mol. The number of nitrogens with one attached hydrogen (secondary N) is 2. The zero-order valence-electron chi connectivity index (χ0n) is 11.5. The van der Waals surface area contributed by atoms with Crippen molar-refractivity contribution in [3.05, 3.63) is 12.2 Å². The van der Waals surface area contributed by atoms with E-state index in [1.54, 1.807) is 6.92 Å². The molecule has 0 aromatic rings. The van der Waals surface area contributed by atoms with Crippen molar-refractivity contribution in [3.63, 3.8) is 0 Å². The molecule has 0 fully saturated rings. The third-order valence-electron chi connectivity index (χ3n) is 2.06. The highest BCUT2D eigenvalue weighted by atomic mass is 16.1. The van der Waals surface area contributed by atoms with Crippen LogP contribution in [-0.2, 0) is 4.79 Å².